The SMILES string of the molecule is COc1ccc(NC(=O)CCN2CCC(C)C(O)C2)cc1Cl. The molecule has 1 amide bonds. The van der Waals surface area contributed by atoms with E-state index in [9.17, 15) is 9.90 Å². The Kier molecular flexibility index (Phi) is 6.06. The smallest absolute Gasteiger partial charge is 0.225 e. The zero-order valence-corrected chi connectivity index (χ0v) is 13.8. The molecule has 1 aliphatic rings. The molecule has 22 heavy (non-hydrogen) atoms. The summed E-state index contributed by atoms with van der Waals surface area (Å²) in [5, 5.41) is 13.2. The van der Waals surface area contributed by atoms with E-state index in [-0.39, 0.29) is 12.0 Å². The first-order chi connectivity index (χ1) is 10.5. The van der Waals surface area contributed by atoms with Crippen molar-refractivity contribution in [1.82, 2.24) is 4.90 Å². The Morgan fingerprint density at radius 3 is 2.95 bits per heavy atom. The van der Waals surface area contributed by atoms with E-state index >= 15 is 0 Å². The van der Waals surface area contributed by atoms with Gasteiger partial charge in [0.25, 0.3) is 0 Å². The Morgan fingerprint density at radius 1 is 1.55 bits per heavy atom. The molecule has 2 N–H and O–H groups in total. The van der Waals surface area contributed by atoms with E-state index < -0.39 is 0 Å². The minimum absolute atomic E-state index is 0.0608. The number of aliphatic hydroxyl groups excluding tert-OH is 1. The van der Waals surface area contributed by atoms with Crippen molar-refractivity contribution in [3.8, 4) is 5.75 Å². The molecule has 1 saturated heterocycles. The molecule has 0 spiro atoms. The predicted molar refractivity (Wildman–Crippen MR) is 87.5 cm³/mol. The summed E-state index contributed by atoms with van der Waals surface area (Å²) in [6.45, 7) is 4.28. The number of likely N-dealkylation sites (tertiary alicyclic amines) is 1. The van der Waals surface area contributed by atoms with Crippen molar-refractivity contribution >= 4 is 23.2 Å². The van der Waals surface area contributed by atoms with E-state index in [1.54, 1.807) is 25.3 Å². The highest BCUT2D eigenvalue weighted by Gasteiger charge is 2.24. The molecule has 2 atom stereocenters. The molecule has 0 aliphatic carbocycles. The summed E-state index contributed by atoms with van der Waals surface area (Å²) in [5.74, 6) is 0.858. The van der Waals surface area contributed by atoms with Crippen LogP contribution in [0.15, 0.2) is 18.2 Å². The molecule has 5 nitrogen and oxygen atoms in total. The van der Waals surface area contributed by atoms with Crippen LogP contribution in [0.2, 0.25) is 5.02 Å². The number of benzene rings is 1. The number of carbonyl (C=O) groups is 1. The van der Waals surface area contributed by atoms with Gasteiger partial charge in [-0.2, -0.15) is 0 Å². The van der Waals surface area contributed by atoms with Crippen LogP contribution in [0.5, 0.6) is 5.75 Å². The van der Waals surface area contributed by atoms with Crippen molar-refractivity contribution in [3.05, 3.63) is 23.2 Å². The van der Waals surface area contributed by atoms with Gasteiger partial charge in [0.2, 0.25) is 5.91 Å². The number of anilines is 1. The highest BCUT2D eigenvalue weighted by atomic mass is 35.5. The van der Waals surface area contributed by atoms with Crippen LogP contribution in [0.4, 0.5) is 5.69 Å². The van der Waals surface area contributed by atoms with Gasteiger partial charge < -0.3 is 20.1 Å². The fourth-order valence-electron chi connectivity index (χ4n) is 2.54. The maximum atomic E-state index is 12.0. The second kappa shape index (κ2) is 7.81. The maximum Gasteiger partial charge on any atom is 0.225 e. The molecular weight excluding hydrogens is 304 g/mol. The van der Waals surface area contributed by atoms with Gasteiger partial charge in [0.05, 0.1) is 18.2 Å². The van der Waals surface area contributed by atoms with E-state index in [0.717, 1.165) is 13.0 Å². The van der Waals surface area contributed by atoms with Crippen LogP contribution in [-0.4, -0.2) is 48.8 Å². The van der Waals surface area contributed by atoms with Gasteiger partial charge in [-0.15, -0.1) is 0 Å². The molecule has 1 fully saturated rings. The number of amides is 1. The summed E-state index contributed by atoms with van der Waals surface area (Å²) in [7, 11) is 1.55. The number of nitrogens with zero attached hydrogens (tertiary/aromatic N) is 1. The number of β-amino-alcohol motifs (C(OH)–C–C–N with tert-alkyl or cyclic N) is 1. The third-order valence-corrected chi connectivity index (χ3v) is 4.39. The summed E-state index contributed by atoms with van der Waals surface area (Å²) in [4.78, 5) is 14.1. The number of piperidine rings is 1. The molecule has 1 aromatic carbocycles. The lowest BCUT2D eigenvalue weighted by molar-refractivity contribution is -0.116. The van der Waals surface area contributed by atoms with Crippen molar-refractivity contribution in [2.45, 2.75) is 25.9 Å². The lowest BCUT2D eigenvalue weighted by Crippen LogP contribution is -2.43. The Morgan fingerprint density at radius 2 is 2.32 bits per heavy atom. The average molecular weight is 327 g/mol. The van der Waals surface area contributed by atoms with Crippen LogP contribution in [0.1, 0.15) is 19.8 Å². The molecule has 6 heteroatoms. The van der Waals surface area contributed by atoms with Crippen molar-refractivity contribution in [2.75, 3.05) is 32.1 Å². The van der Waals surface area contributed by atoms with Crippen LogP contribution in [-0.2, 0) is 4.79 Å². The predicted octanol–water partition coefficient (Wildman–Crippen LogP) is 2.38. The van der Waals surface area contributed by atoms with Gasteiger partial charge in [-0.05, 0) is 37.1 Å². The topological polar surface area (TPSA) is 61.8 Å². The van der Waals surface area contributed by atoms with Gasteiger partial charge in [0.15, 0.2) is 0 Å². The van der Waals surface area contributed by atoms with Gasteiger partial charge >= 0.3 is 0 Å². The van der Waals surface area contributed by atoms with Crippen LogP contribution >= 0.6 is 11.6 Å². The number of hydrogen-bond donors (Lipinski definition) is 2. The summed E-state index contributed by atoms with van der Waals surface area (Å²) >= 11 is 6.03. The first kappa shape index (κ1) is 17.1. The summed E-state index contributed by atoms with van der Waals surface area (Å²) in [5.41, 5.74) is 0.656. The Labute approximate surface area is 136 Å². The van der Waals surface area contributed by atoms with Crippen molar-refractivity contribution in [2.24, 2.45) is 5.92 Å². The highest BCUT2D eigenvalue weighted by molar-refractivity contribution is 6.32. The zero-order valence-electron chi connectivity index (χ0n) is 13.0. The number of hydrogen-bond acceptors (Lipinski definition) is 4. The normalized spacial score (nSPS) is 22.4. The second-order valence-electron chi connectivity index (χ2n) is 5.78. The zero-order chi connectivity index (χ0) is 16.1. The van der Waals surface area contributed by atoms with Crippen LogP contribution in [0, 0.1) is 5.92 Å². The van der Waals surface area contributed by atoms with Crippen LogP contribution in [0.3, 0.4) is 0 Å². The molecule has 2 rings (SSSR count). The largest absolute Gasteiger partial charge is 0.495 e. The Balaban J connectivity index is 1.79. The number of carbonyl (C=O) groups excluding carboxylic acids is 1. The van der Waals surface area contributed by atoms with Crippen molar-refractivity contribution in [1.29, 1.82) is 0 Å². The second-order valence-corrected chi connectivity index (χ2v) is 6.19. The van der Waals surface area contributed by atoms with Gasteiger partial charge in [-0.25, -0.2) is 0 Å². The molecular formula is C16H23ClN2O3. The van der Waals surface area contributed by atoms with Gasteiger partial charge in [-0.3, -0.25) is 4.79 Å². The quantitative estimate of drug-likeness (QED) is 0.872. The van der Waals surface area contributed by atoms with E-state index in [4.69, 9.17) is 16.3 Å². The first-order valence-electron chi connectivity index (χ1n) is 7.53. The minimum atomic E-state index is -0.294. The molecule has 122 valence electrons. The summed E-state index contributed by atoms with van der Waals surface area (Å²) < 4.78 is 5.08. The fraction of sp³-hybridized carbons (Fsp3) is 0.562. The molecule has 1 heterocycles. The summed E-state index contributed by atoms with van der Waals surface area (Å²) in [6.07, 6.45) is 1.07. The molecule has 0 bridgehead atoms. The number of aliphatic hydroxyl groups is 1. The molecule has 2 unspecified atom stereocenters. The number of halogens is 1. The molecule has 0 saturated carbocycles. The number of methoxy groups -OCH3 is 1. The lowest BCUT2D eigenvalue weighted by atomic mass is 9.96. The van der Waals surface area contributed by atoms with Gasteiger partial charge in [0.1, 0.15) is 5.75 Å². The standard InChI is InChI=1S/C16H23ClN2O3/c1-11-5-7-19(10-14(11)20)8-6-16(21)18-12-3-4-15(22-2)13(17)9-12/h3-4,9,11,14,20H,5-8,10H2,1-2H3,(H,18,21). The first-order valence-corrected chi connectivity index (χ1v) is 7.91. The average Bonchev–Trinajstić information content (AvgIpc) is 2.49. The van der Waals surface area contributed by atoms with Gasteiger partial charge in [0, 0.05) is 25.2 Å². The molecule has 0 aromatic heterocycles. The van der Waals surface area contributed by atoms with Gasteiger partial charge in [-0.1, -0.05) is 18.5 Å². The third kappa shape index (κ3) is 4.60. The van der Waals surface area contributed by atoms with Crippen molar-refractivity contribution in [3.63, 3.8) is 0 Å². The van der Waals surface area contributed by atoms with Crippen molar-refractivity contribution < 1.29 is 14.6 Å². The monoisotopic (exact) mass is 326 g/mol. The van der Waals surface area contributed by atoms with E-state index in [0.29, 0.717) is 41.9 Å². The molecule has 1 aliphatic heterocycles. The highest BCUT2D eigenvalue weighted by Crippen LogP contribution is 2.27. The summed E-state index contributed by atoms with van der Waals surface area (Å²) in [6, 6.07) is 5.15. The van der Waals surface area contributed by atoms with Crippen LogP contribution in [0.25, 0.3) is 0 Å². The van der Waals surface area contributed by atoms with E-state index in [1.807, 2.05) is 0 Å². The number of ether oxygens (including phenoxy) is 1. The third-order valence-electron chi connectivity index (χ3n) is 4.09. The maximum absolute atomic E-state index is 12.0. The minimum Gasteiger partial charge on any atom is -0.495 e. The van der Waals surface area contributed by atoms with Crippen LogP contribution < -0.4 is 10.1 Å². The Hall–Kier alpha value is -1.30. The number of nitrogens with one attached hydrogen (secondary N) is 1. The fourth-order valence-corrected chi connectivity index (χ4v) is 2.80. The number of rotatable bonds is 5. The van der Waals surface area contributed by atoms with E-state index in [1.165, 1.54) is 0 Å². The molecule has 1 aromatic rings. The van der Waals surface area contributed by atoms with E-state index in [2.05, 4.69) is 17.1 Å². The Bertz CT molecular complexity index is 524. The molecule has 0 radical (unpaired) electrons. The lowest BCUT2D eigenvalue weighted by Gasteiger charge is -2.34.